The number of hydrogen-bond donors (Lipinski definition) is 2. The average Bonchev–Trinajstić information content (AvgIpc) is 3.14. The summed E-state index contributed by atoms with van der Waals surface area (Å²) >= 11 is 0. The number of amides is 1. The Hall–Kier alpha value is -1.88. The predicted molar refractivity (Wildman–Crippen MR) is 70.1 cm³/mol. The van der Waals surface area contributed by atoms with Gasteiger partial charge in [0.25, 0.3) is 0 Å². The number of carboxylic acid groups (broad SMARTS) is 1. The summed E-state index contributed by atoms with van der Waals surface area (Å²) in [6.45, 7) is 0.211. The molecule has 0 unspecified atom stereocenters. The maximum Gasteiger partial charge on any atom is 0.327 e. The molecule has 1 amide bonds. The SMILES string of the molecule is O=C(O)[C@@H]1Cc2ccccc2N1C(=O)CNC1CC1. The van der Waals surface area contributed by atoms with Crippen LogP contribution in [-0.2, 0) is 16.0 Å². The number of benzene rings is 1. The molecule has 5 nitrogen and oxygen atoms in total. The van der Waals surface area contributed by atoms with Crippen LogP contribution in [0.4, 0.5) is 5.69 Å². The summed E-state index contributed by atoms with van der Waals surface area (Å²) in [6, 6.07) is 7.06. The van der Waals surface area contributed by atoms with Crippen LogP contribution in [0.2, 0.25) is 0 Å². The first-order chi connectivity index (χ1) is 9.16. The van der Waals surface area contributed by atoms with Gasteiger partial charge in [0.15, 0.2) is 0 Å². The van der Waals surface area contributed by atoms with E-state index in [1.54, 1.807) is 0 Å². The molecule has 2 aliphatic rings. The number of carbonyl (C=O) groups is 2. The number of hydrogen-bond acceptors (Lipinski definition) is 3. The van der Waals surface area contributed by atoms with Gasteiger partial charge in [-0.3, -0.25) is 9.69 Å². The van der Waals surface area contributed by atoms with E-state index in [4.69, 9.17) is 0 Å². The molecule has 5 heteroatoms. The number of aliphatic carboxylic acids is 1. The van der Waals surface area contributed by atoms with Crippen molar-refractivity contribution in [1.82, 2.24) is 5.32 Å². The topological polar surface area (TPSA) is 69.6 Å². The van der Waals surface area contributed by atoms with Crippen LogP contribution in [0.15, 0.2) is 24.3 Å². The maximum atomic E-state index is 12.3. The standard InChI is InChI=1S/C14H16N2O3/c17-13(8-15-10-5-6-10)16-11-4-2-1-3-9(11)7-12(16)14(18)19/h1-4,10,12,15H,5-8H2,(H,18,19)/t12-/m0/s1. The first kappa shape index (κ1) is 12.2. The van der Waals surface area contributed by atoms with Gasteiger partial charge in [0, 0.05) is 18.2 Å². The van der Waals surface area contributed by atoms with Crippen LogP contribution in [0.25, 0.3) is 0 Å². The molecule has 0 aromatic heterocycles. The second-order valence-corrected chi connectivity index (χ2v) is 5.11. The highest BCUT2D eigenvalue weighted by Crippen LogP contribution is 2.32. The highest BCUT2D eigenvalue weighted by molar-refractivity contribution is 6.02. The van der Waals surface area contributed by atoms with Crippen molar-refractivity contribution in [2.24, 2.45) is 0 Å². The summed E-state index contributed by atoms with van der Waals surface area (Å²) in [6.07, 6.45) is 2.60. The van der Waals surface area contributed by atoms with E-state index in [1.165, 1.54) is 4.90 Å². The van der Waals surface area contributed by atoms with Crippen LogP contribution in [-0.4, -0.2) is 35.6 Å². The first-order valence-corrected chi connectivity index (χ1v) is 6.53. The van der Waals surface area contributed by atoms with E-state index < -0.39 is 12.0 Å². The number of nitrogens with zero attached hydrogens (tertiary/aromatic N) is 1. The Morgan fingerprint density at radius 1 is 1.32 bits per heavy atom. The van der Waals surface area contributed by atoms with Gasteiger partial charge in [0.2, 0.25) is 5.91 Å². The molecule has 0 radical (unpaired) electrons. The number of fused-ring (bicyclic) bond motifs is 1. The van der Waals surface area contributed by atoms with Gasteiger partial charge in [-0.05, 0) is 24.5 Å². The molecule has 3 rings (SSSR count). The van der Waals surface area contributed by atoms with Crippen LogP contribution in [0.1, 0.15) is 18.4 Å². The second-order valence-electron chi connectivity index (χ2n) is 5.11. The van der Waals surface area contributed by atoms with Crippen LogP contribution < -0.4 is 10.2 Å². The zero-order valence-corrected chi connectivity index (χ0v) is 10.5. The monoisotopic (exact) mass is 260 g/mol. The number of para-hydroxylation sites is 1. The van der Waals surface area contributed by atoms with Crippen molar-refractivity contribution < 1.29 is 14.7 Å². The van der Waals surface area contributed by atoms with E-state index in [-0.39, 0.29) is 12.5 Å². The largest absolute Gasteiger partial charge is 0.480 e. The van der Waals surface area contributed by atoms with Crippen LogP contribution in [0.3, 0.4) is 0 Å². The molecule has 1 fully saturated rings. The van der Waals surface area contributed by atoms with Crippen LogP contribution in [0.5, 0.6) is 0 Å². The zero-order chi connectivity index (χ0) is 13.4. The lowest BCUT2D eigenvalue weighted by Gasteiger charge is -2.22. The van der Waals surface area contributed by atoms with E-state index in [1.807, 2.05) is 24.3 Å². The molecule has 0 bridgehead atoms. The summed E-state index contributed by atoms with van der Waals surface area (Å²) < 4.78 is 0. The fourth-order valence-electron chi connectivity index (χ4n) is 2.50. The molecule has 1 aliphatic carbocycles. The number of carbonyl (C=O) groups excluding carboxylic acids is 1. The van der Waals surface area contributed by atoms with Crippen molar-refractivity contribution >= 4 is 17.6 Å². The quantitative estimate of drug-likeness (QED) is 0.839. The molecule has 1 aromatic carbocycles. The Kier molecular flexibility index (Phi) is 2.98. The fraction of sp³-hybridized carbons (Fsp3) is 0.429. The van der Waals surface area contributed by atoms with Crippen molar-refractivity contribution in [2.45, 2.75) is 31.3 Å². The normalized spacial score (nSPS) is 21.3. The summed E-state index contributed by atoms with van der Waals surface area (Å²) in [7, 11) is 0. The summed E-state index contributed by atoms with van der Waals surface area (Å²) in [4.78, 5) is 25.0. The summed E-state index contributed by atoms with van der Waals surface area (Å²) in [5.41, 5.74) is 1.66. The fourth-order valence-corrected chi connectivity index (χ4v) is 2.50. The second kappa shape index (κ2) is 4.66. The van der Waals surface area contributed by atoms with E-state index in [0.717, 1.165) is 24.1 Å². The molecule has 1 heterocycles. The number of carboxylic acids is 1. The van der Waals surface area contributed by atoms with Gasteiger partial charge >= 0.3 is 5.97 Å². The number of anilines is 1. The third-order valence-electron chi connectivity index (χ3n) is 3.65. The average molecular weight is 260 g/mol. The van der Waals surface area contributed by atoms with Crippen molar-refractivity contribution in [3.05, 3.63) is 29.8 Å². The first-order valence-electron chi connectivity index (χ1n) is 6.53. The minimum absolute atomic E-state index is 0.163. The van der Waals surface area contributed by atoms with Gasteiger partial charge in [-0.15, -0.1) is 0 Å². The van der Waals surface area contributed by atoms with Gasteiger partial charge in [0.1, 0.15) is 6.04 Å². The molecule has 0 spiro atoms. The number of nitrogens with one attached hydrogen (secondary N) is 1. The van der Waals surface area contributed by atoms with Gasteiger partial charge in [0.05, 0.1) is 6.54 Å². The minimum atomic E-state index is -0.948. The Morgan fingerprint density at radius 2 is 2.05 bits per heavy atom. The third kappa shape index (κ3) is 2.33. The molecule has 19 heavy (non-hydrogen) atoms. The van der Waals surface area contributed by atoms with Gasteiger partial charge in [-0.2, -0.15) is 0 Å². The summed E-state index contributed by atoms with van der Waals surface area (Å²) in [5, 5.41) is 12.4. The van der Waals surface area contributed by atoms with Crippen molar-refractivity contribution in [3.63, 3.8) is 0 Å². The molecule has 1 aromatic rings. The highest BCUT2D eigenvalue weighted by atomic mass is 16.4. The van der Waals surface area contributed by atoms with Crippen molar-refractivity contribution in [1.29, 1.82) is 0 Å². The van der Waals surface area contributed by atoms with Gasteiger partial charge < -0.3 is 10.4 Å². The Balaban J connectivity index is 1.82. The van der Waals surface area contributed by atoms with Gasteiger partial charge in [-0.1, -0.05) is 18.2 Å². The lowest BCUT2D eigenvalue weighted by atomic mass is 10.1. The lowest BCUT2D eigenvalue weighted by molar-refractivity contribution is -0.139. The van der Waals surface area contributed by atoms with E-state index in [2.05, 4.69) is 5.32 Å². The molecular weight excluding hydrogens is 244 g/mol. The minimum Gasteiger partial charge on any atom is -0.480 e. The molecular formula is C14H16N2O3. The maximum absolute atomic E-state index is 12.3. The summed E-state index contributed by atoms with van der Waals surface area (Å²) in [5.74, 6) is -1.11. The van der Waals surface area contributed by atoms with E-state index in [9.17, 15) is 14.7 Å². The Labute approximate surface area is 111 Å². The Morgan fingerprint density at radius 3 is 2.74 bits per heavy atom. The third-order valence-corrected chi connectivity index (χ3v) is 3.65. The van der Waals surface area contributed by atoms with Gasteiger partial charge in [-0.25, -0.2) is 4.79 Å². The van der Waals surface area contributed by atoms with E-state index >= 15 is 0 Å². The van der Waals surface area contributed by atoms with Crippen LogP contribution >= 0.6 is 0 Å². The highest BCUT2D eigenvalue weighted by Gasteiger charge is 2.38. The molecule has 1 aliphatic heterocycles. The molecule has 0 saturated heterocycles. The van der Waals surface area contributed by atoms with Crippen LogP contribution in [0, 0.1) is 0 Å². The zero-order valence-electron chi connectivity index (χ0n) is 10.5. The van der Waals surface area contributed by atoms with E-state index in [0.29, 0.717) is 12.5 Å². The lowest BCUT2D eigenvalue weighted by Crippen LogP contribution is -2.46. The smallest absolute Gasteiger partial charge is 0.327 e. The van der Waals surface area contributed by atoms with Crippen molar-refractivity contribution in [3.8, 4) is 0 Å². The molecule has 100 valence electrons. The molecule has 1 saturated carbocycles. The van der Waals surface area contributed by atoms with Crippen molar-refractivity contribution in [2.75, 3.05) is 11.4 Å². The molecule has 1 atom stereocenters. The molecule has 2 N–H and O–H groups in total. The number of rotatable bonds is 4. The Bertz CT molecular complexity index is 525. The predicted octanol–water partition coefficient (Wildman–Crippen LogP) is 0.781.